The number of hydrogen-bond donors (Lipinski definition) is 3. The lowest BCUT2D eigenvalue weighted by atomic mass is 10.0. The van der Waals surface area contributed by atoms with E-state index in [0.717, 1.165) is 12.1 Å². The summed E-state index contributed by atoms with van der Waals surface area (Å²) < 4.78 is 5.11. The highest BCUT2D eigenvalue weighted by Gasteiger charge is 2.20. The van der Waals surface area contributed by atoms with Crippen molar-refractivity contribution in [3.8, 4) is 28.4 Å². The van der Waals surface area contributed by atoms with Gasteiger partial charge in [0.05, 0.1) is 10.4 Å². The van der Waals surface area contributed by atoms with Crippen molar-refractivity contribution in [1.82, 2.24) is 0 Å². The normalized spacial score (nSPS) is 10.9. The number of hydrogen-bond acceptors (Lipinski definition) is 5. The van der Waals surface area contributed by atoms with Crippen molar-refractivity contribution < 1.29 is 19.7 Å². The fraction of sp³-hybridized carbons (Fsp3) is 0. The van der Waals surface area contributed by atoms with Gasteiger partial charge in [-0.3, -0.25) is 0 Å². The van der Waals surface area contributed by atoms with Crippen LogP contribution in [0.4, 0.5) is 0 Å². The van der Waals surface area contributed by atoms with E-state index in [1.807, 2.05) is 0 Å². The zero-order chi connectivity index (χ0) is 15.1. The SMILES string of the molecule is O=c1oc2ccccc2c(O)c1-c1cc(O)c(Cl)cc1O. The number of rotatable bonds is 1. The van der Waals surface area contributed by atoms with Crippen LogP contribution in [0.2, 0.25) is 5.02 Å². The molecule has 0 fully saturated rings. The van der Waals surface area contributed by atoms with Gasteiger partial charge < -0.3 is 19.7 Å². The number of phenolic OH excluding ortho intramolecular Hbond substituents is 2. The summed E-state index contributed by atoms with van der Waals surface area (Å²) in [7, 11) is 0. The summed E-state index contributed by atoms with van der Waals surface area (Å²) in [6.45, 7) is 0. The van der Waals surface area contributed by atoms with Crippen LogP contribution in [0.25, 0.3) is 22.1 Å². The van der Waals surface area contributed by atoms with Crippen LogP contribution in [-0.2, 0) is 0 Å². The molecule has 0 aliphatic rings. The highest BCUT2D eigenvalue weighted by Crippen LogP contribution is 2.41. The molecule has 0 spiro atoms. The van der Waals surface area contributed by atoms with Crippen molar-refractivity contribution in [1.29, 1.82) is 0 Å². The second-order valence-electron chi connectivity index (χ2n) is 4.43. The predicted octanol–water partition coefficient (Wildman–Crippen LogP) is 3.23. The summed E-state index contributed by atoms with van der Waals surface area (Å²) >= 11 is 5.67. The zero-order valence-electron chi connectivity index (χ0n) is 10.5. The zero-order valence-corrected chi connectivity index (χ0v) is 11.3. The van der Waals surface area contributed by atoms with Gasteiger partial charge in [-0.25, -0.2) is 4.79 Å². The fourth-order valence-corrected chi connectivity index (χ4v) is 2.28. The lowest BCUT2D eigenvalue weighted by molar-refractivity contribution is 0.456. The van der Waals surface area contributed by atoms with Gasteiger partial charge in [0.15, 0.2) is 0 Å². The first kappa shape index (κ1) is 13.3. The molecule has 0 saturated carbocycles. The molecule has 6 heteroatoms. The first-order valence-electron chi connectivity index (χ1n) is 5.95. The van der Waals surface area contributed by atoms with Crippen LogP contribution in [0.1, 0.15) is 0 Å². The van der Waals surface area contributed by atoms with E-state index in [9.17, 15) is 20.1 Å². The maximum absolute atomic E-state index is 12.1. The molecule has 0 saturated heterocycles. The number of benzene rings is 2. The van der Waals surface area contributed by atoms with Crippen molar-refractivity contribution in [2.24, 2.45) is 0 Å². The summed E-state index contributed by atoms with van der Waals surface area (Å²) in [5.41, 5.74) is -0.906. The Bertz CT molecular complexity index is 914. The van der Waals surface area contributed by atoms with Gasteiger partial charge in [-0.2, -0.15) is 0 Å². The Morgan fingerprint density at radius 3 is 2.48 bits per heavy atom. The smallest absolute Gasteiger partial charge is 0.348 e. The Balaban J connectivity index is 2.41. The minimum absolute atomic E-state index is 0.0612. The van der Waals surface area contributed by atoms with Gasteiger partial charge in [0.1, 0.15) is 28.4 Å². The standard InChI is InChI=1S/C15H9ClO5/c16-9-6-10(17)8(5-11(9)18)13-14(19)7-3-1-2-4-12(7)21-15(13)20/h1-6,17-19H. The van der Waals surface area contributed by atoms with Crippen LogP contribution in [0, 0.1) is 0 Å². The fourth-order valence-electron chi connectivity index (χ4n) is 2.12. The van der Waals surface area contributed by atoms with Crippen molar-refractivity contribution in [2.45, 2.75) is 0 Å². The van der Waals surface area contributed by atoms with Crippen molar-refractivity contribution in [3.63, 3.8) is 0 Å². The average Bonchev–Trinajstić information content (AvgIpc) is 2.44. The van der Waals surface area contributed by atoms with Crippen LogP contribution in [0.3, 0.4) is 0 Å². The number of aromatic hydroxyl groups is 3. The molecule has 2 aromatic carbocycles. The average molecular weight is 305 g/mol. The Morgan fingerprint density at radius 1 is 1.00 bits per heavy atom. The van der Waals surface area contributed by atoms with Crippen molar-refractivity contribution in [3.05, 3.63) is 51.8 Å². The van der Waals surface area contributed by atoms with E-state index in [4.69, 9.17) is 16.0 Å². The Labute approximate surface area is 123 Å². The first-order chi connectivity index (χ1) is 9.99. The maximum atomic E-state index is 12.1. The molecule has 0 bridgehead atoms. The van der Waals surface area contributed by atoms with Gasteiger partial charge in [0, 0.05) is 11.6 Å². The number of halogens is 1. The molecule has 3 N–H and O–H groups in total. The van der Waals surface area contributed by atoms with Crippen molar-refractivity contribution >= 4 is 22.6 Å². The van der Waals surface area contributed by atoms with Gasteiger partial charge >= 0.3 is 5.63 Å². The molecular formula is C15H9ClO5. The van der Waals surface area contributed by atoms with Crippen LogP contribution < -0.4 is 5.63 Å². The molecule has 21 heavy (non-hydrogen) atoms. The molecule has 0 aliphatic carbocycles. The van der Waals surface area contributed by atoms with E-state index in [2.05, 4.69) is 0 Å². The third kappa shape index (κ3) is 2.08. The summed E-state index contributed by atoms with van der Waals surface area (Å²) in [5, 5.41) is 30.1. The molecule has 0 atom stereocenters. The highest BCUT2D eigenvalue weighted by molar-refractivity contribution is 6.32. The van der Waals surface area contributed by atoms with Crippen LogP contribution in [0.15, 0.2) is 45.6 Å². The molecule has 1 aromatic heterocycles. The Kier molecular flexibility index (Phi) is 2.99. The third-order valence-corrected chi connectivity index (χ3v) is 3.42. The summed E-state index contributed by atoms with van der Waals surface area (Å²) in [6.07, 6.45) is 0. The van der Waals surface area contributed by atoms with E-state index < -0.39 is 5.63 Å². The maximum Gasteiger partial charge on any atom is 0.348 e. The topological polar surface area (TPSA) is 90.9 Å². The Hall–Kier alpha value is -2.66. The quantitative estimate of drug-likeness (QED) is 0.474. The minimum Gasteiger partial charge on any atom is -0.507 e. The van der Waals surface area contributed by atoms with Gasteiger partial charge in [-0.05, 0) is 18.2 Å². The van der Waals surface area contributed by atoms with Gasteiger partial charge in [-0.15, -0.1) is 0 Å². The largest absolute Gasteiger partial charge is 0.507 e. The minimum atomic E-state index is -0.830. The molecule has 3 rings (SSSR count). The molecule has 3 aromatic rings. The van der Waals surface area contributed by atoms with E-state index in [1.165, 1.54) is 0 Å². The molecule has 106 valence electrons. The molecule has 1 heterocycles. The molecule has 0 aliphatic heterocycles. The second kappa shape index (κ2) is 4.71. The van der Waals surface area contributed by atoms with E-state index in [0.29, 0.717) is 5.39 Å². The number of fused-ring (bicyclic) bond motifs is 1. The van der Waals surface area contributed by atoms with Crippen molar-refractivity contribution in [2.75, 3.05) is 0 Å². The van der Waals surface area contributed by atoms with Gasteiger partial charge in [0.25, 0.3) is 0 Å². The first-order valence-corrected chi connectivity index (χ1v) is 6.33. The third-order valence-electron chi connectivity index (χ3n) is 3.12. The molecule has 0 unspecified atom stereocenters. The van der Waals surface area contributed by atoms with Gasteiger partial charge in [-0.1, -0.05) is 23.7 Å². The number of phenols is 2. The lowest BCUT2D eigenvalue weighted by Gasteiger charge is -2.09. The van der Waals surface area contributed by atoms with Crippen LogP contribution in [-0.4, -0.2) is 15.3 Å². The predicted molar refractivity (Wildman–Crippen MR) is 77.9 cm³/mol. The van der Waals surface area contributed by atoms with Gasteiger partial charge in [0.2, 0.25) is 0 Å². The Morgan fingerprint density at radius 2 is 1.71 bits per heavy atom. The second-order valence-corrected chi connectivity index (χ2v) is 4.84. The molecule has 0 amide bonds. The van der Waals surface area contributed by atoms with E-state index in [-0.39, 0.29) is 39.0 Å². The van der Waals surface area contributed by atoms with Crippen LogP contribution in [0.5, 0.6) is 17.2 Å². The van der Waals surface area contributed by atoms with Crippen LogP contribution >= 0.6 is 11.6 Å². The van der Waals surface area contributed by atoms with E-state index in [1.54, 1.807) is 24.3 Å². The lowest BCUT2D eigenvalue weighted by Crippen LogP contribution is -2.03. The van der Waals surface area contributed by atoms with E-state index >= 15 is 0 Å². The summed E-state index contributed by atoms with van der Waals surface area (Å²) in [5.74, 6) is -1.01. The summed E-state index contributed by atoms with van der Waals surface area (Å²) in [4.78, 5) is 12.1. The molecular weight excluding hydrogens is 296 g/mol. The number of para-hydroxylation sites is 1. The molecule has 5 nitrogen and oxygen atoms in total. The summed E-state index contributed by atoms with van der Waals surface area (Å²) in [6, 6.07) is 8.63. The molecule has 0 radical (unpaired) electrons. The monoisotopic (exact) mass is 304 g/mol. The highest BCUT2D eigenvalue weighted by atomic mass is 35.5.